The third-order valence-electron chi connectivity index (χ3n) is 3.20. The highest BCUT2D eigenvalue weighted by molar-refractivity contribution is 7.89. The molecule has 2 heterocycles. The van der Waals surface area contributed by atoms with Crippen molar-refractivity contribution >= 4 is 15.9 Å². The SMILES string of the molecule is Cc1oc(C(=O)N2CCCC2C)cc1S(N)(=O)=O. The van der Waals surface area contributed by atoms with Crippen molar-refractivity contribution in [3.63, 3.8) is 0 Å². The van der Waals surface area contributed by atoms with Crippen LogP contribution in [0.1, 0.15) is 36.1 Å². The Balaban J connectivity index is 2.33. The summed E-state index contributed by atoms with van der Waals surface area (Å²) in [5.74, 6) is -0.101. The third kappa shape index (κ3) is 2.28. The number of nitrogens with zero attached hydrogens (tertiary/aromatic N) is 1. The maximum absolute atomic E-state index is 12.1. The number of primary sulfonamides is 1. The predicted molar refractivity (Wildman–Crippen MR) is 64.6 cm³/mol. The van der Waals surface area contributed by atoms with E-state index in [1.54, 1.807) is 4.90 Å². The van der Waals surface area contributed by atoms with E-state index in [1.165, 1.54) is 13.0 Å². The van der Waals surface area contributed by atoms with Gasteiger partial charge in [0.1, 0.15) is 10.7 Å². The van der Waals surface area contributed by atoms with Gasteiger partial charge < -0.3 is 9.32 Å². The van der Waals surface area contributed by atoms with E-state index in [9.17, 15) is 13.2 Å². The summed E-state index contributed by atoms with van der Waals surface area (Å²) < 4.78 is 27.7. The van der Waals surface area contributed by atoms with Gasteiger partial charge in [-0.1, -0.05) is 0 Å². The molecule has 2 N–H and O–H groups in total. The maximum Gasteiger partial charge on any atom is 0.289 e. The zero-order valence-corrected chi connectivity index (χ0v) is 11.2. The van der Waals surface area contributed by atoms with E-state index < -0.39 is 10.0 Å². The lowest BCUT2D eigenvalue weighted by atomic mass is 10.2. The van der Waals surface area contributed by atoms with Crippen LogP contribution >= 0.6 is 0 Å². The monoisotopic (exact) mass is 272 g/mol. The number of rotatable bonds is 2. The van der Waals surface area contributed by atoms with Crippen molar-refractivity contribution in [3.8, 4) is 0 Å². The number of furan rings is 1. The molecule has 0 aliphatic carbocycles. The first-order chi connectivity index (χ1) is 8.30. The Kier molecular flexibility index (Phi) is 3.20. The Hall–Kier alpha value is -1.34. The van der Waals surface area contributed by atoms with Gasteiger partial charge >= 0.3 is 0 Å². The van der Waals surface area contributed by atoms with Crippen LogP contribution in [0, 0.1) is 6.92 Å². The lowest BCUT2D eigenvalue weighted by Gasteiger charge is -2.19. The van der Waals surface area contributed by atoms with Crippen LogP contribution < -0.4 is 5.14 Å². The summed E-state index contributed by atoms with van der Waals surface area (Å²) in [5, 5.41) is 5.04. The van der Waals surface area contributed by atoms with Gasteiger partial charge in [-0.25, -0.2) is 13.6 Å². The van der Waals surface area contributed by atoms with E-state index in [0.717, 1.165) is 12.8 Å². The zero-order chi connectivity index (χ0) is 13.5. The molecule has 1 aromatic heterocycles. The fraction of sp³-hybridized carbons (Fsp3) is 0.545. The molecule has 6 nitrogen and oxygen atoms in total. The molecule has 0 aromatic carbocycles. The number of carbonyl (C=O) groups is 1. The Labute approximate surface area is 106 Å². The molecule has 7 heteroatoms. The van der Waals surface area contributed by atoms with Gasteiger partial charge in [0.25, 0.3) is 5.91 Å². The predicted octanol–water partition coefficient (Wildman–Crippen LogP) is 0.860. The number of hydrogen-bond acceptors (Lipinski definition) is 4. The fourth-order valence-corrected chi connectivity index (χ4v) is 2.94. The number of nitrogens with two attached hydrogens (primary N) is 1. The van der Waals surface area contributed by atoms with Crippen LogP contribution in [0.4, 0.5) is 0 Å². The van der Waals surface area contributed by atoms with Crippen molar-refractivity contribution in [1.82, 2.24) is 4.90 Å². The van der Waals surface area contributed by atoms with Crippen LogP contribution in [0.5, 0.6) is 0 Å². The van der Waals surface area contributed by atoms with Gasteiger partial charge in [0.05, 0.1) is 0 Å². The van der Waals surface area contributed by atoms with E-state index in [1.807, 2.05) is 6.92 Å². The number of sulfonamides is 1. The summed E-state index contributed by atoms with van der Waals surface area (Å²) in [6, 6.07) is 1.36. The van der Waals surface area contributed by atoms with Gasteiger partial charge in [0.15, 0.2) is 5.76 Å². The molecule has 1 saturated heterocycles. The van der Waals surface area contributed by atoms with Gasteiger partial charge in [-0.3, -0.25) is 4.79 Å². The standard InChI is InChI=1S/C11H16N2O4S/c1-7-4-3-5-13(7)11(14)9-6-10(8(2)17-9)18(12,15)16/h6-7H,3-5H2,1-2H3,(H2,12,15,16). The molecule has 1 unspecified atom stereocenters. The molecule has 1 fully saturated rings. The Morgan fingerprint density at radius 2 is 2.22 bits per heavy atom. The molecule has 100 valence electrons. The highest BCUT2D eigenvalue weighted by Gasteiger charge is 2.29. The Bertz CT molecular complexity index is 576. The summed E-state index contributed by atoms with van der Waals surface area (Å²) in [7, 11) is -3.85. The normalized spacial score (nSPS) is 20.4. The molecule has 1 amide bonds. The van der Waals surface area contributed by atoms with Crippen molar-refractivity contribution in [2.24, 2.45) is 5.14 Å². The number of amides is 1. The van der Waals surface area contributed by atoms with E-state index in [0.29, 0.717) is 6.54 Å². The van der Waals surface area contributed by atoms with E-state index in [2.05, 4.69) is 0 Å². The second-order valence-electron chi connectivity index (χ2n) is 4.57. The number of aryl methyl sites for hydroxylation is 1. The van der Waals surface area contributed by atoms with Gasteiger partial charge in [-0.15, -0.1) is 0 Å². The Morgan fingerprint density at radius 3 is 2.67 bits per heavy atom. The average molecular weight is 272 g/mol. The molecule has 0 bridgehead atoms. The topological polar surface area (TPSA) is 93.6 Å². The van der Waals surface area contributed by atoms with Gasteiger partial charge in [0.2, 0.25) is 10.0 Å². The first-order valence-corrected chi connectivity index (χ1v) is 7.29. The van der Waals surface area contributed by atoms with Crippen LogP contribution in [-0.2, 0) is 10.0 Å². The largest absolute Gasteiger partial charge is 0.455 e. The molecule has 1 aliphatic heterocycles. The summed E-state index contributed by atoms with van der Waals surface area (Å²) in [5.41, 5.74) is 0. The van der Waals surface area contributed by atoms with Gasteiger partial charge in [0, 0.05) is 18.7 Å². The van der Waals surface area contributed by atoms with Crippen molar-refractivity contribution in [2.75, 3.05) is 6.54 Å². The smallest absolute Gasteiger partial charge is 0.289 e. The fourth-order valence-electron chi connectivity index (χ4n) is 2.23. The second kappa shape index (κ2) is 4.40. The summed E-state index contributed by atoms with van der Waals surface area (Å²) in [6.45, 7) is 4.11. The minimum absolute atomic E-state index is 0.0327. The van der Waals surface area contributed by atoms with E-state index in [-0.39, 0.29) is 28.4 Å². The van der Waals surface area contributed by atoms with E-state index in [4.69, 9.17) is 9.56 Å². The van der Waals surface area contributed by atoms with E-state index >= 15 is 0 Å². The molecule has 2 rings (SSSR count). The molecule has 0 saturated carbocycles. The lowest BCUT2D eigenvalue weighted by Crippen LogP contribution is -2.33. The molecular weight excluding hydrogens is 256 g/mol. The van der Waals surface area contributed by atoms with Crippen LogP contribution in [0.25, 0.3) is 0 Å². The third-order valence-corrected chi connectivity index (χ3v) is 4.22. The lowest BCUT2D eigenvalue weighted by molar-refractivity contribution is 0.0714. The van der Waals surface area contributed by atoms with Crippen LogP contribution in [0.3, 0.4) is 0 Å². The average Bonchev–Trinajstić information content (AvgIpc) is 2.82. The maximum atomic E-state index is 12.1. The first kappa shape index (κ1) is 13.1. The number of carbonyl (C=O) groups excluding carboxylic acids is 1. The van der Waals surface area contributed by atoms with Gasteiger partial charge in [-0.05, 0) is 26.7 Å². The summed E-state index contributed by atoms with van der Waals surface area (Å²) in [4.78, 5) is 13.7. The summed E-state index contributed by atoms with van der Waals surface area (Å²) >= 11 is 0. The number of likely N-dealkylation sites (tertiary alicyclic amines) is 1. The minimum atomic E-state index is -3.85. The van der Waals surface area contributed by atoms with Crippen LogP contribution in [0.15, 0.2) is 15.4 Å². The van der Waals surface area contributed by atoms with Crippen molar-refractivity contribution in [2.45, 2.75) is 37.6 Å². The van der Waals surface area contributed by atoms with Gasteiger partial charge in [-0.2, -0.15) is 0 Å². The van der Waals surface area contributed by atoms with Crippen LogP contribution in [-0.4, -0.2) is 31.8 Å². The number of hydrogen-bond donors (Lipinski definition) is 1. The minimum Gasteiger partial charge on any atom is -0.455 e. The highest BCUT2D eigenvalue weighted by atomic mass is 32.2. The van der Waals surface area contributed by atoms with Crippen molar-refractivity contribution in [1.29, 1.82) is 0 Å². The molecule has 18 heavy (non-hydrogen) atoms. The Morgan fingerprint density at radius 1 is 1.56 bits per heavy atom. The molecule has 1 atom stereocenters. The molecule has 0 radical (unpaired) electrons. The zero-order valence-electron chi connectivity index (χ0n) is 10.3. The van der Waals surface area contributed by atoms with Crippen LogP contribution in [0.2, 0.25) is 0 Å². The molecule has 1 aliphatic rings. The second-order valence-corrected chi connectivity index (χ2v) is 6.10. The molecular formula is C11H16N2O4S. The quantitative estimate of drug-likeness (QED) is 0.864. The highest BCUT2D eigenvalue weighted by Crippen LogP contribution is 2.24. The molecule has 1 aromatic rings. The summed E-state index contributed by atoms with van der Waals surface area (Å²) in [6.07, 6.45) is 1.90. The van der Waals surface area contributed by atoms with Crippen molar-refractivity contribution in [3.05, 3.63) is 17.6 Å². The first-order valence-electron chi connectivity index (χ1n) is 5.75. The molecule has 0 spiro atoms. The van der Waals surface area contributed by atoms with Crippen molar-refractivity contribution < 1.29 is 17.6 Å².